The molecule has 0 aliphatic heterocycles. The fraction of sp³-hybridized carbons (Fsp3) is 0.222. The van der Waals surface area contributed by atoms with Gasteiger partial charge >= 0.3 is 5.97 Å². The number of amides is 1. The third-order valence-corrected chi connectivity index (χ3v) is 3.80. The molecule has 0 aromatic heterocycles. The van der Waals surface area contributed by atoms with Crippen LogP contribution in [0.15, 0.2) is 36.4 Å². The van der Waals surface area contributed by atoms with E-state index in [1.807, 2.05) is 26.0 Å². The Balaban J connectivity index is 2.14. The maximum atomic E-state index is 12.3. The van der Waals surface area contributed by atoms with Crippen LogP contribution in [0.3, 0.4) is 0 Å². The van der Waals surface area contributed by atoms with Gasteiger partial charge in [0, 0.05) is 12.1 Å². The van der Waals surface area contributed by atoms with Gasteiger partial charge in [0.15, 0.2) is 0 Å². The van der Waals surface area contributed by atoms with Crippen molar-refractivity contribution in [1.29, 1.82) is 0 Å². The highest BCUT2D eigenvalue weighted by molar-refractivity contribution is 5.96. The van der Waals surface area contributed by atoms with Crippen LogP contribution < -0.4 is 10.1 Å². The van der Waals surface area contributed by atoms with Crippen molar-refractivity contribution in [3.63, 3.8) is 0 Å². The third-order valence-electron chi connectivity index (χ3n) is 3.80. The number of hydrogen-bond acceptors (Lipinski definition) is 3. The Morgan fingerprint density at radius 3 is 2.52 bits per heavy atom. The zero-order chi connectivity index (χ0) is 17.0. The molecule has 0 unspecified atom stereocenters. The van der Waals surface area contributed by atoms with Crippen LogP contribution in [0.4, 0.5) is 0 Å². The average molecular weight is 313 g/mol. The van der Waals surface area contributed by atoms with Gasteiger partial charge in [0.25, 0.3) is 5.91 Å². The lowest BCUT2D eigenvalue weighted by molar-refractivity contribution is 0.0693. The Kier molecular flexibility index (Phi) is 5.01. The second kappa shape index (κ2) is 6.96. The van der Waals surface area contributed by atoms with Crippen LogP contribution in [0, 0.1) is 13.8 Å². The summed E-state index contributed by atoms with van der Waals surface area (Å²) in [7, 11) is 1.42. The number of hydrogen-bond donors (Lipinski definition) is 2. The summed E-state index contributed by atoms with van der Waals surface area (Å²) in [6.45, 7) is 4.10. The third kappa shape index (κ3) is 3.69. The molecule has 2 aromatic carbocycles. The van der Waals surface area contributed by atoms with Gasteiger partial charge in [-0.3, -0.25) is 4.79 Å². The highest BCUT2D eigenvalue weighted by Crippen LogP contribution is 2.20. The molecule has 1 amide bonds. The van der Waals surface area contributed by atoms with Crippen molar-refractivity contribution in [2.75, 3.05) is 7.11 Å². The molecule has 0 aliphatic carbocycles. The van der Waals surface area contributed by atoms with E-state index in [1.54, 1.807) is 18.2 Å². The molecule has 2 aromatic rings. The molecule has 5 heteroatoms. The van der Waals surface area contributed by atoms with Crippen molar-refractivity contribution in [2.24, 2.45) is 0 Å². The van der Waals surface area contributed by atoms with Gasteiger partial charge in [-0.2, -0.15) is 0 Å². The molecule has 0 saturated heterocycles. The summed E-state index contributed by atoms with van der Waals surface area (Å²) in [5, 5.41) is 12.0. The summed E-state index contributed by atoms with van der Waals surface area (Å²) in [4.78, 5) is 23.5. The van der Waals surface area contributed by atoms with E-state index in [-0.39, 0.29) is 18.0 Å². The number of nitrogens with one attached hydrogen (secondary N) is 1. The number of carboxylic acid groups (broad SMARTS) is 1. The quantitative estimate of drug-likeness (QED) is 0.890. The number of carboxylic acids is 1. The Labute approximate surface area is 134 Å². The summed E-state index contributed by atoms with van der Waals surface area (Å²) in [5.74, 6) is -0.953. The van der Waals surface area contributed by atoms with E-state index < -0.39 is 5.97 Å². The number of carbonyl (C=O) groups excluding carboxylic acids is 1. The largest absolute Gasteiger partial charge is 0.496 e. The molecular weight excluding hydrogens is 294 g/mol. The van der Waals surface area contributed by atoms with Crippen molar-refractivity contribution < 1.29 is 19.4 Å². The monoisotopic (exact) mass is 313 g/mol. The molecule has 0 aliphatic rings. The van der Waals surface area contributed by atoms with Gasteiger partial charge in [-0.05, 0) is 48.7 Å². The Morgan fingerprint density at radius 1 is 1.13 bits per heavy atom. The zero-order valence-electron chi connectivity index (χ0n) is 13.3. The molecule has 2 rings (SSSR count). The van der Waals surface area contributed by atoms with Gasteiger partial charge in [0.2, 0.25) is 0 Å². The van der Waals surface area contributed by atoms with Crippen molar-refractivity contribution in [2.45, 2.75) is 20.4 Å². The summed E-state index contributed by atoms with van der Waals surface area (Å²) < 4.78 is 5.02. The van der Waals surface area contributed by atoms with E-state index in [4.69, 9.17) is 4.74 Å². The summed E-state index contributed by atoms with van der Waals surface area (Å²) in [5.41, 5.74) is 3.38. The second-order valence-corrected chi connectivity index (χ2v) is 5.27. The Hall–Kier alpha value is -2.82. The topological polar surface area (TPSA) is 75.6 Å². The molecule has 0 fully saturated rings. The average Bonchev–Trinajstić information content (AvgIpc) is 2.54. The molecule has 5 nitrogen and oxygen atoms in total. The maximum absolute atomic E-state index is 12.3. The number of carbonyl (C=O) groups is 2. The predicted octanol–water partition coefficient (Wildman–Crippen LogP) is 2.94. The minimum Gasteiger partial charge on any atom is -0.496 e. The normalized spacial score (nSPS) is 10.2. The SMILES string of the molecule is COc1ccc(CNC(=O)c2cccc(C)c2C)cc1C(=O)O. The van der Waals surface area contributed by atoms with Crippen molar-refractivity contribution in [3.05, 3.63) is 64.2 Å². The van der Waals surface area contributed by atoms with Crippen LogP contribution in [0.1, 0.15) is 37.4 Å². The van der Waals surface area contributed by atoms with Gasteiger partial charge in [0.05, 0.1) is 7.11 Å². The van der Waals surface area contributed by atoms with E-state index in [2.05, 4.69) is 5.32 Å². The summed E-state index contributed by atoms with van der Waals surface area (Å²) in [6.07, 6.45) is 0. The first-order valence-corrected chi connectivity index (χ1v) is 7.18. The standard InChI is InChI=1S/C18H19NO4/c1-11-5-4-6-14(12(11)2)17(20)19-10-13-7-8-16(23-3)15(9-13)18(21)22/h4-9H,10H2,1-3H3,(H,19,20)(H,21,22). The van der Waals surface area contributed by atoms with Crippen LogP contribution in [-0.2, 0) is 6.54 Å². The van der Waals surface area contributed by atoms with Gasteiger partial charge < -0.3 is 15.2 Å². The molecule has 0 heterocycles. The second-order valence-electron chi connectivity index (χ2n) is 5.27. The van der Waals surface area contributed by atoms with Crippen LogP contribution in [-0.4, -0.2) is 24.1 Å². The first kappa shape index (κ1) is 16.5. The van der Waals surface area contributed by atoms with Gasteiger partial charge in [0.1, 0.15) is 11.3 Å². The first-order chi connectivity index (χ1) is 10.9. The van der Waals surface area contributed by atoms with Gasteiger partial charge in [-0.15, -0.1) is 0 Å². The molecule has 0 radical (unpaired) electrons. The van der Waals surface area contributed by atoms with E-state index in [1.165, 1.54) is 13.2 Å². The molecule has 23 heavy (non-hydrogen) atoms. The van der Waals surface area contributed by atoms with Crippen LogP contribution in [0.25, 0.3) is 0 Å². The number of methoxy groups -OCH3 is 1. The molecule has 0 atom stereocenters. The number of benzene rings is 2. The first-order valence-electron chi connectivity index (χ1n) is 7.18. The number of rotatable bonds is 5. The van der Waals surface area contributed by atoms with Crippen LogP contribution in [0.5, 0.6) is 5.75 Å². The highest BCUT2D eigenvalue weighted by atomic mass is 16.5. The van der Waals surface area contributed by atoms with E-state index in [0.717, 1.165) is 11.1 Å². The van der Waals surface area contributed by atoms with Gasteiger partial charge in [-0.1, -0.05) is 18.2 Å². The maximum Gasteiger partial charge on any atom is 0.339 e. The number of ether oxygens (including phenoxy) is 1. The molecule has 0 saturated carbocycles. The zero-order valence-corrected chi connectivity index (χ0v) is 13.3. The van der Waals surface area contributed by atoms with Gasteiger partial charge in [-0.25, -0.2) is 4.79 Å². The predicted molar refractivity (Wildman–Crippen MR) is 87.0 cm³/mol. The van der Waals surface area contributed by atoms with Crippen molar-refractivity contribution in [1.82, 2.24) is 5.32 Å². The fourth-order valence-electron chi connectivity index (χ4n) is 2.31. The molecule has 2 N–H and O–H groups in total. The lowest BCUT2D eigenvalue weighted by atomic mass is 10.0. The smallest absolute Gasteiger partial charge is 0.339 e. The molecule has 0 spiro atoms. The van der Waals surface area contributed by atoms with E-state index in [0.29, 0.717) is 16.9 Å². The van der Waals surface area contributed by atoms with Crippen molar-refractivity contribution in [3.8, 4) is 5.75 Å². The molecule has 120 valence electrons. The van der Waals surface area contributed by atoms with Crippen LogP contribution in [0.2, 0.25) is 0 Å². The molecular formula is C18H19NO4. The number of aromatic carboxylic acids is 1. The van der Waals surface area contributed by atoms with E-state index >= 15 is 0 Å². The Morgan fingerprint density at radius 2 is 1.87 bits per heavy atom. The minimum absolute atomic E-state index is 0.0750. The Bertz CT molecular complexity index is 753. The highest BCUT2D eigenvalue weighted by Gasteiger charge is 2.13. The molecule has 0 bridgehead atoms. The fourth-order valence-corrected chi connectivity index (χ4v) is 2.31. The lowest BCUT2D eigenvalue weighted by Crippen LogP contribution is -2.24. The number of aryl methyl sites for hydroxylation is 1. The lowest BCUT2D eigenvalue weighted by Gasteiger charge is -2.11. The minimum atomic E-state index is -1.07. The van der Waals surface area contributed by atoms with E-state index in [9.17, 15) is 14.7 Å². The summed E-state index contributed by atoms with van der Waals surface area (Å²) in [6, 6.07) is 10.4. The van der Waals surface area contributed by atoms with Crippen LogP contribution >= 0.6 is 0 Å². The summed E-state index contributed by atoms with van der Waals surface area (Å²) >= 11 is 0. The van der Waals surface area contributed by atoms with Crippen molar-refractivity contribution >= 4 is 11.9 Å².